The number of piperidine rings is 1. The number of likely N-dealkylation sites (tertiary alicyclic amines) is 1. The van der Waals surface area contributed by atoms with Gasteiger partial charge in [-0.1, -0.05) is 0 Å². The van der Waals surface area contributed by atoms with Gasteiger partial charge in [-0.05, 0) is 38.4 Å². The van der Waals surface area contributed by atoms with Crippen LogP contribution in [0.25, 0.3) is 11.0 Å². The van der Waals surface area contributed by atoms with Crippen molar-refractivity contribution in [2.24, 2.45) is 5.92 Å². The highest BCUT2D eigenvalue weighted by atomic mass is 19.1. The van der Waals surface area contributed by atoms with E-state index in [9.17, 15) is 9.18 Å². The average molecular weight is 302 g/mol. The van der Waals surface area contributed by atoms with Crippen LogP contribution in [0.5, 0.6) is 0 Å². The number of aromatic nitrogens is 2. The van der Waals surface area contributed by atoms with Gasteiger partial charge < -0.3 is 10.2 Å². The van der Waals surface area contributed by atoms with Gasteiger partial charge in [0.25, 0.3) is 5.91 Å². The molecule has 1 saturated heterocycles. The summed E-state index contributed by atoms with van der Waals surface area (Å²) in [6, 6.07) is 2.57. The molecule has 1 aliphatic heterocycles. The minimum atomic E-state index is -0.458. The molecule has 0 radical (unpaired) electrons. The summed E-state index contributed by atoms with van der Waals surface area (Å²) in [5.41, 5.74) is 1.17. The molecule has 0 bridgehead atoms. The molecule has 1 N–H and O–H groups in total. The van der Waals surface area contributed by atoms with Crippen LogP contribution in [-0.2, 0) is 0 Å². The van der Waals surface area contributed by atoms with Crippen LogP contribution in [0.3, 0.4) is 0 Å². The molecule has 1 amide bonds. The van der Waals surface area contributed by atoms with E-state index in [4.69, 9.17) is 0 Å². The molecule has 3 rings (SSSR count). The third-order valence-corrected chi connectivity index (χ3v) is 4.07. The lowest BCUT2D eigenvalue weighted by molar-refractivity contribution is 0.0675. The first-order chi connectivity index (χ1) is 10.7. The molecule has 0 aliphatic carbocycles. The Morgan fingerprint density at radius 2 is 2.23 bits per heavy atom. The number of benzene rings is 1. The molecule has 1 fully saturated rings. The van der Waals surface area contributed by atoms with Crippen LogP contribution in [0.1, 0.15) is 23.2 Å². The van der Waals surface area contributed by atoms with E-state index in [1.54, 1.807) is 4.90 Å². The highest BCUT2D eigenvalue weighted by Gasteiger charge is 2.26. The van der Waals surface area contributed by atoms with Gasteiger partial charge in [-0.3, -0.25) is 14.8 Å². The Morgan fingerprint density at radius 3 is 3.05 bits per heavy atom. The molecule has 2 heterocycles. The lowest BCUT2D eigenvalue weighted by atomic mass is 9.97. The van der Waals surface area contributed by atoms with Gasteiger partial charge in [0.05, 0.1) is 11.1 Å². The molecule has 1 atom stereocenters. The Kier molecular flexibility index (Phi) is 4.29. The fourth-order valence-electron chi connectivity index (χ4n) is 3.08. The van der Waals surface area contributed by atoms with Crippen LogP contribution < -0.4 is 5.32 Å². The van der Waals surface area contributed by atoms with Gasteiger partial charge in [0.15, 0.2) is 0 Å². The molecule has 1 unspecified atom stereocenters. The minimum absolute atomic E-state index is 0.161. The number of halogens is 1. The second-order valence-electron chi connectivity index (χ2n) is 5.69. The largest absolute Gasteiger partial charge is 0.338 e. The van der Waals surface area contributed by atoms with Crippen molar-refractivity contribution < 1.29 is 9.18 Å². The van der Waals surface area contributed by atoms with Crippen molar-refractivity contribution in [2.75, 3.05) is 26.7 Å². The van der Waals surface area contributed by atoms with Crippen LogP contribution in [0, 0.1) is 11.7 Å². The summed E-state index contributed by atoms with van der Waals surface area (Å²) in [4.78, 5) is 22.9. The number of amides is 1. The first-order valence-corrected chi connectivity index (χ1v) is 7.53. The van der Waals surface area contributed by atoms with E-state index in [1.807, 2.05) is 7.05 Å². The van der Waals surface area contributed by atoms with Crippen molar-refractivity contribution >= 4 is 16.9 Å². The Balaban J connectivity index is 1.91. The van der Waals surface area contributed by atoms with E-state index in [0.29, 0.717) is 35.6 Å². The number of nitrogens with one attached hydrogen (secondary N) is 1. The molecule has 1 aromatic heterocycles. The summed E-state index contributed by atoms with van der Waals surface area (Å²) in [6.45, 7) is 2.28. The number of nitrogens with zero attached hydrogens (tertiary/aromatic N) is 3. The summed E-state index contributed by atoms with van der Waals surface area (Å²) in [5, 5.41) is 3.16. The van der Waals surface area contributed by atoms with Gasteiger partial charge in [-0.25, -0.2) is 4.39 Å². The summed E-state index contributed by atoms with van der Waals surface area (Å²) < 4.78 is 13.8. The molecular weight excluding hydrogens is 283 g/mol. The summed E-state index contributed by atoms with van der Waals surface area (Å²) in [5.74, 6) is -0.181. The van der Waals surface area contributed by atoms with E-state index in [2.05, 4.69) is 15.3 Å². The van der Waals surface area contributed by atoms with E-state index in [1.165, 1.54) is 24.5 Å². The zero-order chi connectivity index (χ0) is 15.5. The quantitative estimate of drug-likeness (QED) is 0.940. The van der Waals surface area contributed by atoms with Gasteiger partial charge in [-0.15, -0.1) is 0 Å². The molecule has 0 spiro atoms. The summed E-state index contributed by atoms with van der Waals surface area (Å²) >= 11 is 0. The first-order valence-electron chi connectivity index (χ1n) is 7.53. The van der Waals surface area contributed by atoms with Gasteiger partial charge >= 0.3 is 0 Å². The Morgan fingerprint density at radius 1 is 1.41 bits per heavy atom. The Bertz CT molecular complexity index is 689. The maximum Gasteiger partial charge on any atom is 0.256 e. The second kappa shape index (κ2) is 6.36. The zero-order valence-electron chi connectivity index (χ0n) is 12.6. The SMILES string of the molecule is CNCC1CCCN(C(=O)c2cc(F)cc3nccnc23)C1. The molecule has 1 aromatic carbocycles. The van der Waals surface area contributed by atoms with Crippen LogP contribution in [0.4, 0.5) is 4.39 Å². The lowest BCUT2D eigenvalue weighted by Crippen LogP contribution is -2.42. The maximum absolute atomic E-state index is 13.8. The van der Waals surface area contributed by atoms with Gasteiger partial charge in [0.1, 0.15) is 11.3 Å². The molecule has 22 heavy (non-hydrogen) atoms. The minimum Gasteiger partial charge on any atom is -0.338 e. The molecule has 116 valence electrons. The standard InChI is InChI=1S/C16H19FN4O/c1-18-9-11-3-2-6-21(10-11)16(22)13-7-12(17)8-14-15(13)20-5-4-19-14/h4-5,7-8,11,18H,2-3,6,9-10H2,1H3. The molecule has 2 aromatic rings. The number of carbonyl (C=O) groups excluding carboxylic acids is 1. The predicted molar refractivity (Wildman–Crippen MR) is 82.1 cm³/mol. The van der Waals surface area contributed by atoms with Crippen molar-refractivity contribution in [1.29, 1.82) is 0 Å². The fraction of sp³-hybridized carbons (Fsp3) is 0.438. The third kappa shape index (κ3) is 2.92. The highest BCUT2D eigenvalue weighted by Crippen LogP contribution is 2.22. The highest BCUT2D eigenvalue weighted by molar-refractivity contribution is 6.04. The normalized spacial score (nSPS) is 18.6. The molecular formula is C16H19FN4O. The van der Waals surface area contributed by atoms with E-state index in [-0.39, 0.29) is 5.91 Å². The van der Waals surface area contributed by atoms with Crippen molar-refractivity contribution in [2.45, 2.75) is 12.8 Å². The zero-order valence-corrected chi connectivity index (χ0v) is 12.6. The van der Waals surface area contributed by atoms with Crippen molar-refractivity contribution in [1.82, 2.24) is 20.2 Å². The Hall–Kier alpha value is -2.08. The number of rotatable bonds is 3. The smallest absolute Gasteiger partial charge is 0.256 e. The monoisotopic (exact) mass is 302 g/mol. The fourth-order valence-corrected chi connectivity index (χ4v) is 3.08. The number of hydrogen-bond donors (Lipinski definition) is 1. The van der Waals surface area contributed by atoms with E-state index >= 15 is 0 Å². The average Bonchev–Trinajstić information content (AvgIpc) is 2.54. The first kappa shape index (κ1) is 14.8. The van der Waals surface area contributed by atoms with Gasteiger partial charge in [-0.2, -0.15) is 0 Å². The second-order valence-corrected chi connectivity index (χ2v) is 5.69. The van der Waals surface area contributed by atoms with E-state index < -0.39 is 5.82 Å². The molecule has 1 aliphatic rings. The van der Waals surface area contributed by atoms with Crippen LogP contribution in [0.15, 0.2) is 24.5 Å². The number of carbonyl (C=O) groups is 1. The molecule has 0 saturated carbocycles. The summed E-state index contributed by atoms with van der Waals surface area (Å²) in [6.07, 6.45) is 5.10. The van der Waals surface area contributed by atoms with Crippen molar-refractivity contribution in [3.05, 3.63) is 35.9 Å². The number of fused-ring (bicyclic) bond motifs is 1. The summed E-state index contributed by atoms with van der Waals surface area (Å²) in [7, 11) is 1.91. The van der Waals surface area contributed by atoms with Crippen LogP contribution in [0.2, 0.25) is 0 Å². The van der Waals surface area contributed by atoms with Crippen molar-refractivity contribution in [3.8, 4) is 0 Å². The van der Waals surface area contributed by atoms with Crippen LogP contribution >= 0.6 is 0 Å². The topological polar surface area (TPSA) is 58.1 Å². The lowest BCUT2D eigenvalue weighted by Gasteiger charge is -2.32. The maximum atomic E-state index is 13.8. The third-order valence-electron chi connectivity index (χ3n) is 4.07. The van der Waals surface area contributed by atoms with E-state index in [0.717, 1.165) is 19.4 Å². The Labute approximate surface area is 128 Å². The number of hydrogen-bond acceptors (Lipinski definition) is 4. The molecule has 5 nitrogen and oxygen atoms in total. The van der Waals surface area contributed by atoms with Crippen LogP contribution in [-0.4, -0.2) is 47.5 Å². The van der Waals surface area contributed by atoms with Gasteiger partial charge in [0, 0.05) is 31.5 Å². The van der Waals surface area contributed by atoms with Gasteiger partial charge in [0.2, 0.25) is 0 Å². The van der Waals surface area contributed by atoms with Crippen molar-refractivity contribution in [3.63, 3.8) is 0 Å². The predicted octanol–water partition coefficient (Wildman–Crippen LogP) is 1.84. The molecule has 6 heteroatoms.